The third-order valence-electron chi connectivity index (χ3n) is 2.37. The van der Waals surface area contributed by atoms with E-state index in [0.717, 1.165) is 26.3 Å². The minimum absolute atomic E-state index is 0.355. The molecule has 0 saturated heterocycles. The molecule has 1 atom stereocenters. The summed E-state index contributed by atoms with van der Waals surface area (Å²) in [5.74, 6) is 0. The number of nitrogens with zero attached hydrogens (tertiary/aromatic N) is 3. The molecule has 16 heavy (non-hydrogen) atoms. The van der Waals surface area contributed by atoms with Crippen LogP contribution in [0, 0.1) is 15.5 Å². The van der Waals surface area contributed by atoms with E-state index in [1.165, 1.54) is 6.08 Å². The lowest BCUT2D eigenvalue weighted by Crippen LogP contribution is -2.52. The van der Waals surface area contributed by atoms with Gasteiger partial charge in [-0.15, -0.1) is 0 Å². The fourth-order valence-electron chi connectivity index (χ4n) is 1.21. The molecule has 0 spiro atoms. The molecule has 0 amide bonds. The van der Waals surface area contributed by atoms with Gasteiger partial charge in [-0.2, -0.15) is 13.2 Å². The SMILES string of the molecule is CC(C)(C1N=CC=CN1[N+](=O)[O-])C(F)(F)F. The maximum absolute atomic E-state index is 12.7. The van der Waals surface area contributed by atoms with E-state index in [4.69, 9.17) is 0 Å². The summed E-state index contributed by atoms with van der Waals surface area (Å²) < 4.78 is 38.1. The van der Waals surface area contributed by atoms with Gasteiger partial charge in [-0.05, 0) is 19.9 Å². The second kappa shape index (κ2) is 3.76. The molecule has 0 aliphatic carbocycles. The first-order chi connectivity index (χ1) is 7.18. The number of halogens is 3. The highest BCUT2D eigenvalue weighted by Crippen LogP contribution is 2.43. The highest BCUT2D eigenvalue weighted by Gasteiger charge is 2.57. The van der Waals surface area contributed by atoms with Crippen molar-refractivity contribution >= 4 is 6.21 Å². The quantitative estimate of drug-likeness (QED) is 0.545. The van der Waals surface area contributed by atoms with Crippen molar-refractivity contribution in [1.29, 1.82) is 0 Å². The molecule has 0 bridgehead atoms. The highest BCUT2D eigenvalue weighted by molar-refractivity contribution is 5.71. The number of hydrogen-bond donors (Lipinski definition) is 0. The van der Waals surface area contributed by atoms with Crippen molar-refractivity contribution in [2.75, 3.05) is 0 Å². The molecule has 0 fully saturated rings. The monoisotopic (exact) mass is 237 g/mol. The predicted octanol–water partition coefficient (Wildman–Crippen LogP) is 1.99. The van der Waals surface area contributed by atoms with E-state index in [0.29, 0.717) is 5.01 Å². The van der Waals surface area contributed by atoms with Crippen LogP contribution in [0.4, 0.5) is 13.2 Å². The molecule has 1 unspecified atom stereocenters. The van der Waals surface area contributed by atoms with Gasteiger partial charge in [-0.25, -0.2) is 10.1 Å². The lowest BCUT2D eigenvalue weighted by Gasteiger charge is -2.35. The van der Waals surface area contributed by atoms with Crippen molar-refractivity contribution in [3.05, 3.63) is 22.4 Å². The smallest absolute Gasteiger partial charge is 0.261 e. The number of allylic oxidation sites excluding steroid dienone is 1. The van der Waals surface area contributed by atoms with E-state index in [-0.39, 0.29) is 0 Å². The average Bonchev–Trinajstić information content (AvgIpc) is 2.16. The zero-order valence-corrected chi connectivity index (χ0v) is 8.60. The summed E-state index contributed by atoms with van der Waals surface area (Å²) >= 11 is 0. The molecular formula is C8H10F3N3O2. The molecule has 90 valence electrons. The standard InChI is InChI=1S/C8H10F3N3O2/c1-7(2,8(9,10)11)6-12-4-3-5-13(6)14(15)16/h3-6H,1-2H3. The summed E-state index contributed by atoms with van der Waals surface area (Å²) in [5.41, 5.74) is -2.30. The van der Waals surface area contributed by atoms with Gasteiger partial charge in [0.1, 0.15) is 5.41 Å². The number of rotatable bonds is 2. The van der Waals surface area contributed by atoms with Crippen molar-refractivity contribution in [2.45, 2.75) is 26.2 Å². The van der Waals surface area contributed by atoms with Crippen molar-refractivity contribution in [3.63, 3.8) is 0 Å². The Morgan fingerprint density at radius 2 is 2.00 bits per heavy atom. The first-order valence-corrected chi connectivity index (χ1v) is 4.37. The Labute approximate surface area is 89.4 Å². The largest absolute Gasteiger partial charge is 0.398 e. The summed E-state index contributed by atoms with van der Waals surface area (Å²) in [6.07, 6.45) is -2.86. The third-order valence-corrected chi connectivity index (χ3v) is 2.37. The first-order valence-electron chi connectivity index (χ1n) is 4.37. The molecular weight excluding hydrogens is 227 g/mol. The summed E-state index contributed by atoms with van der Waals surface area (Å²) in [5, 5.41) is 10.0. The molecule has 1 aliphatic rings. The van der Waals surface area contributed by atoms with Crippen LogP contribution in [0.5, 0.6) is 0 Å². The molecule has 0 aromatic carbocycles. The number of nitro groups is 1. The lowest BCUT2D eigenvalue weighted by atomic mass is 9.88. The summed E-state index contributed by atoms with van der Waals surface area (Å²) in [7, 11) is 0. The van der Waals surface area contributed by atoms with Crippen molar-refractivity contribution < 1.29 is 18.2 Å². The Hall–Kier alpha value is -1.60. The maximum Gasteiger partial charge on any atom is 0.398 e. The summed E-state index contributed by atoms with van der Waals surface area (Å²) in [6.45, 7) is 1.76. The topological polar surface area (TPSA) is 58.7 Å². The molecule has 1 rings (SSSR count). The van der Waals surface area contributed by atoms with Crippen LogP contribution in [-0.4, -0.2) is 28.6 Å². The molecule has 5 nitrogen and oxygen atoms in total. The van der Waals surface area contributed by atoms with Crippen LogP contribution in [0.2, 0.25) is 0 Å². The maximum atomic E-state index is 12.7. The van der Waals surface area contributed by atoms with Crippen LogP contribution in [0.15, 0.2) is 17.3 Å². The molecule has 0 radical (unpaired) electrons. The van der Waals surface area contributed by atoms with Gasteiger partial charge >= 0.3 is 6.18 Å². The van der Waals surface area contributed by atoms with Gasteiger partial charge in [-0.1, -0.05) is 5.01 Å². The van der Waals surface area contributed by atoms with Crippen LogP contribution >= 0.6 is 0 Å². The van der Waals surface area contributed by atoms with Gasteiger partial charge < -0.3 is 0 Å². The first kappa shape index (κ1) is 12.5. The molecule has 0 aromatic rings. The number of aliphatic imine (C=N–C) groups is 1. The van der Waals surface area contributed by atoms with Crippen LogP contribution in [0.1, 0.15) is 13.8 Å². The Kier molecular flexibility index (Phi) is 2.93. The van der Waals surface area contributed by atoms with Gasteiger partial charge in [0.25, 0.3) is 0 Å². The van der Waals surface area contributed by atoms with E-state index in [2.05, 4.69) is 4.99 Å². The fourth-order valence-corrected chi connectivity index (χ4v) is 1.21. The summed E-state index contributed by atoms with van der Waals surface area (Å²) in [4.78, 5) is 14.1. The zero-order chi connectivity index (χ0) is 12.6. The Morgan fingerprint density at radius 1 is 1.44 bits per heavy atom. The van der Waals surface area contributed by atoms with Crippen LogP contribution < -0.4 is 0 Å². The lowest BCUT2D eigenvalue weighted by molar-refractivity contribution is -0.654. The third kappa shape index (κ3) is 2.00. The second-order valence-electron chi connectivity index (χ2n) is 3.85. The van der Waals surface area contributed by atoms with E-state index < -0.39 is 22.8 Å². The molecule has 0 N–H and O–H groups in total. The van der Waals surface area contributed by atoms with Gasteiger partial charge in [0, 0.05) is 6.21 Å². The zero-order valence-electron chi connectivity index (χ0n) is 8.60. The van der Waals surface area contributed by atoms with Crippen LogP contribution in [0.3, 0.4) is 0 Å². The average molecular weight is 237 g/mol. The molecule has 1 aliphatic heterocycles. The van der Waals surface area contributed by atoms with Crippen molar-refractivity contribution in [1.82, 2.24) is 5.01 Å². The minimum Gasteiger partial charge on any atom is -0.261 e. The molecule has 0 aromatic heterocycles. The molecule has 8 heteroatoms. The van der Waals surface area contributed by atoms with Crippen molar-refractivity contribution in [3.8, 4) is 0 Å². The predicted molar refractivity (Wildman–Crippen MR) is 50.1 cm³/mol. The highest BCUT2D eigenvalue weighted by atomic mass is 19.4. The number of alkyl halides is 3. The molecule has 1 heterocycles. The van der Waals surface area contributed by atoms with Gasteiger partial charge in [0.15, 0.2) is 11.2 Å². The number of hydrogen-bond acceptors (Lipinski definition) is 3. The van der Waals surface area contributed by atoms with Crippen molar-refractivity contribution in [2.24, 2.45) is 10.4 Å². The van der Waals surface area contributed by atoms with Crippen LogP contribution in [-0.2, 0) is 0 Å². The second-order valence-corrected chi connectivity index (χ2v) is 3.85. The Bertz CT molecular complexity index is 349. The van der Waals surface area contributed by atoms with E-state index >= 15 is 0 Å². The Morgan fingerprint density at radius 3 is 2.44 bits per heavy atom. The fraction of sp³-hybridized carbons (Fsp3) is 0.625. The molecule has 0 saturated carbocycles. The summed E-state index contributed by atoms with van der Waals surface area (Å²) in [6, 6.07) is 0. The van der Waals surface area contributed by atoms with Gasteiger partial charge in [0.2, 0.25) is 0 Å². The van der Waals surface area contributed by atoms with Gasteiger partial charge in [0.05, 0.1) is 6.20 Å². The van der Waals surface area contributed by atoms with E-state index in [9.17, 15) is 23.3 Å². The number of hydrazine groups is 1. The van der Waals surface area contributed by atoms with E-state index in [1.54, 1.807) is 0 Å². The van der Waals surface area contributed by atoms with Crippen LogP contribution in [0.25, 0.3) is 0 Å². The normalized spacial score (nSPS) is 21.3. The minimum atomic E-state index is -4.57. The Balaban J connectivity index is 3.07. The van der Waals surface area contributed by atoms with E-state index in [1.807, 2.05) is 0 Å². The van der Waals surface area contributed by atoms with Gasteiger partial charge in [-0.3, -0.25) is 4.99 Å².